The van der Waals surface area contributed by atoms with E-state index in [1.54, 1.807) is 11.3 Å². The van der Waals surface area contributed by atoms with Crippen molar-refractivity contribution in [2.45, 2.75) is 32.7 Å². The van der Waals surface area contributed by atoms with Crippen LogP contribution in [0.4, 0.5) is 0 Å². The van der Waals surface area contributed by atoms with Gasteiger partial charge in [0.1, 0.15) is 0 Å². The summed E-state index contributed by atoms with van der Waals surface area (Å²) in [6.45, 7) is 6.23. The monoisotopic (exact) mass is 368 g/mol. The first-order chi connectivity index (χ1) is 9.69. The predicted molar refractivity (Wildman–Crippen MR) is 96.0 cm³/mol. The zero-order valence-corrected chi connectivity index (χ0v) is 15.4. The Morgan fingerprint density at radius 1 is 1.45 bits per heavy atom. The van der Waals surface area contributed by atoms with Crippen molar-refractivity contribution in [3.8, 4) is 0 Å². The molecule has 0 spiro atoms. The first kappa shape index (κ1) is 21.6. The number of nitrogens with zero attached hydrogens (tertiary/aromatic N) is 2. The van der Waals surface area contributed by atoms with E-state index in [0.717, 1.165) is 49.6 Å². The number of amides is 1. The van der Waals surface area contributed by atoms with Gasteiger partial charge in [-0.05, 0) is 45.8 Å². The highest BCUT2D eigenvalue weighted by atomic mass is 35.5. The molecule has 5 nitrogen and oxygen atoms in total. The maximum absolute atomic E-state index is 12.0. The number of carbonyl (C=O) groups is 1. The van der Waals surface area contributed by atoms with Gasteiger partial charge in [0.2, 0.25) is 5.91 Å². The van der Waals surface area contributed by atoms with Crippen molar-refractivity contribution in [1.29, 1.82) is 0 Å². The molecule has 0 aliphatic carbocycles. The highest BCUT2D eigenvalue weighted by Crippen LogP contribution is 2.19. The standard InChI is InChI=1S/C14H24N4OS.2ClH/c1-11-17-13(10-20-11)9-18-7-3-12(4-8-18)14(19)16-6-2-5-15;;/h10,12H,2-9,15H2,1H3,(H,16,19);2*1H. The van der Waals surface area contributed by atoms with Gasteiger partial charge in [0.05, 0.1) is 10.7 Å². The van der Waals surface area contributed by atoms with Crippen molar-refractivity contribution in [2.24, 2.45) is 11.7 Å². The third-order valence-electron chi connectivity index (χ3n) is 3.69. The van der Waals surface area contributed by atoms with Crippen LogP contribution in [0.2, 0.25) is 0 Å². The van der Waals surface area contributed by atoms with Crippen LogP contribution in [0.15, 0.2) is 5.38 Å². The second kappa shape index (κ2) is 11.2. The molecule has 0 atom stereocenters. The summed E-state index contributed by atoms with van der Waals surface area (Å²) in [6, 6.07) is 0. The Labute approximate surface area is 148 Å². The zero-order valence-electron chi connectivity index (χ0n) is 12.9. The number of nitrogens with two attached hydrogens (primary N) is 1. The molecule has 0 radical (unpaired) electrons. The molecule has 22 heavy (non-hydrogen) atoms. The van der Waals surface area contributed by atoms with E-state index in [4.69, 9.17) is 5.73 Å². The fraction of sp³-hybridized carbons (Fsp3) is 0.714. The summed E-state index contributed by atoms with van der Waals surface area (Å²) in [6.07, 6.45) is 2.74. The third kappa shape index (κ3) is 6.79. The zero-order chi connectivity index (χ0) is 14.4. The van der Waals surface area contributed by atoms with E-state index in [9.17, 15) is 4.79 Å². The Morgan fingerprint density at radius 3 is 2.68 bits per heavy atom. The minimum Gasteiger partial charge on any atom is -0.356 e. The molecule has 1 aliphatic rings. The van der Waals surface area contributed by atoms with Crippen molar-refractivity contribution >= 4 is 42.1 Å². The van der Waals surface area contributed by atoms with Gasteiger partial charge in [-0.3, -0.25) is 9.69 Å². The molecule has 1 amide bonds. The topological polar surface area (TPSA) is 71.2 Å². The predicted octanol–water partition coefficient (Wildman–Crippen LogP) is 1.97. The Balaban J connectivity index is 0.00000220. The lowest BCUT2D eigenvalue weighted by Gasteiger charge is -2.30. The molecule has 2 heterocycles. The van der Waals surface area contributed by atoms with E-state index >= 15 is 0 Å². The molecule has 1 saturated heterocycles. The number of aryl methyl sites for hydroxylation is 1. The van der Waals surface area contributed by atoms with Crippen molar-refractivity contribution in [3.05, 3.63) is 16.1 Å². The molecule has 3 N–H and O–H groups in total. The van der Waals surface area contributed by atoms with E-state index in [1.165, 1.54) is 0 Å². The molecule has 1 aliphatic heterocycles. The molecule has 2 rings (SSSR count). The van der Waals surface area contributed by atoms with Gasteiger partial charge in [0, 0.05) is 24.4 Å². The molecular formula is C14H26Cl2N4OS. The van der Waals surface area contributed by atoms with E-state index < -0.39 is 0 Å². The number of thiazole rings is 1. The normalized spacial score (nSPS) is 15.7. The number of hydrogen-bond acceptors (Lipinski definition) is 5. The van der Waals surface area contributed by atoms with Crippen LogP contribution in [0.25, 0.3) is 0 Å². The van der Waals surface area contributed by atoms with Gasteiger partial charge < -0.3 is 11.1 Å². The Morgan fingerprint density at radius 2 is 2.14 bits per heavy atom. The fourth-order valence-electron chi connectivity index (χ4n) is 2.52. The third-order valence-corrected chi connectivity index (χ3v) is 4.51. The summed E-state index contributed by atoms with van der Waals surface area (Å²) >= 11 is 1.70. The second-order valence-corrected chi connectivity index (χ2v) is 6.40. The summed E-state index contributed by atoms with van der Waals surface area (Å²) in [5.41, 5.74) is 6.57. The average molecular weight is 369 g/mol. The average Bonchev–Trinajstić information content (AvgIpc) is 2.85. The number of likely N-dealkylation sites (tertiary alicyclic amines) is 1. The summed E-state index contributed by atoms with van der Waals surface area (Å²) < 4.78 is 0. The van der Waals surface area contributed by atoms with Gasteiger partial charge in [0.15, 0.2) is 0 Å². The highest BCUT2D eigenvalue weighted by Gasteiger charge is 2.24. The van der Waals surface area contributed by atoms with Gasteiger partial charge in [-0.15, -0.1) is 36.2 Å². The first-order valence-corrected chi connectivity index (χ1v) is 8.18. The Kier molecular flexibility index (Phi) is 11.0. The van der Waals surface area contributed by atoms with Gasteiger partial charge >= 0.3 is 0 Å². The lowest BCUT2D eigenvalue weighted by Crippen LogP contribution is -2.40. The van der Waals surface area contributed by atoms with Crippen molar-refractivity contribution < 1.29 is 4.79 Å². The quantitative estimate of drug-likeness (QED) is 0.753. The van der Waals surface area contributed by atoms with Crippen LogP contribution in [0.5, 0.6) is 0 Å². The molecule has 0 saturated carbocycles. The lowest BCUT2D eigenvalue weighted by atomic mass is 9.96. The number of nitrogens with one attached hydrogen (secondary N) is 1. The molecule has 0 aromatic carbocycles. The molecule has 1 aromatic rings. The summed E-state index contributed by atoms with van der Waals surface area (Å²) in [4.78, 5) is 18.8. The van der Waals surface area contributed by atoms with Crippen LogP contribution in [-0.4, -0.2) is 42.0 Å². The van der Waals surface area contributed by atoms with Crippen LogP contribution in [-0.2, 0) is 11.3 Å². The van der Waals surface area contributed by atoms with Crippen molar-refractivity contribution in [2.75, 3.05) is 26.2 Å². The van der Waals surface area contributed by atoms with Gasteiger partial charge in [-0.1, -0.05) is 0 Å². The fourth-order valence-corrected chi connectivity index (χ4v) is 3.13. The number of aromatic nitrogens is 1. The number of carbonyl (C=O) groups excluding carboxylic acids is 1. The van der Waals surface area contributed by atoms with Crippen molar-refractivity contribution in [3.63, 3.8) is 0 Å². The van der Waals surface area contributed by atoms with Gasteiger partial charge in [0.25, 0.3) is 0 Å². The van der Waals surface area contributed by atoms with Gasteiger partial charge in [-0.25, -0.2) is 4.98 Å². The molecule has 1 aromatic heterocycles. The summed E-state index contributed by atoms with van der Waals surface area (Å²) in [7, 11) is 0. The molecule has 128 valence electrons. The van der Waals surface area contributed by atoms with Crippen LogP contribution < -0.4 is 11.1 Å². The molecule has 1 fully saturated rings. The van der Waals surface area contributed by atoms with Crippen LogP contribution in [0.1, 0.15) is 30.0 Å². The summed E-state index contributed by atoms with van der Waals surface area (Å²) in [5.74, 6) is 0.365. The molecule has 0 unspecified atom stereocenters. The minimum absolute atomic E-state index is 0. The number of hydrogen-bond donors (Lipinski definition) is 2. The molecule has 8 heteroatoms. The van der Waals surface area contributed by atoms with E-state index in [0.29, 0.717) is 13.1 Å². The number of rotatable bonds is 6. The number of halogens is 2. The maximum Gasteiger partial charge on any atom is 0.223 e. The number of piperidine rings is 1. The largest absolute Gasteiger partial charge is 0.356 e. The first-order valence-electron chi connectivity index (χ1n) is 7.30. The second-order valence-electron chi connectivity index (χ2n) is 5.34. The maximum atomic E-state index is 12.0. The van der Waals surface area contributed by atoms with Gasteiger partial charge in [-0.2, -0.15) is 0 Å². The lowest BCUT2D eigenvalue weighted by molar-refractivity contribution is -0.126. The van der Waals surface area contributed by atoms with E-state index in [-0.39, 0.29) is 36.6 Å². The molecular weight excluding hydrogens is 343 g/mol. The summed E-state index contributed by atoms with van der Waals surface area (Å²) in [5, 5.41) is 6.22. The van der Waals surface area contributed by atoms with Crippen LogP contribution in [0, 0.1) is 12.8 Å². The minimum atomic E-state index is 0. The van der Waals surface area contributed by atoms with E-state index in [1.807, 2.05) is 6.92 Å². The Hall–Kier alpha value is -0.400. The smallest absolute Gasteiger partial charge is 0.223 e. The SMILES string of the molecule is Cc1nc(CN2CCC(C(=O)NCCCN)CC2)cs1.Cl.Cl. The highest BCUT2D eigenvalue weighted by molar-refractivity contribution is 7.09. The van der Waals surface area contributed by atoms with Crippen molar-refractivity contribution in [1.82, 2.24) is 15.2 Å². The molecule has 0 bridgehead atoms. The van der Waals surface area contributed by atoms with E-state index in [2.05, 4.69) is 20.6 Å². The Bertz CT molecular complexity index is 436. The van der Waals surface area contributed by atoms with Crippen LogP contribution in [0.3, 0.4) is 0 Å². The van der Waals surface area contributed by atoms with Crippen LogP contribution >= 0.6 is 36.2 Å².